The Bertz CT molecular complexity index is 23.6. The predicted octanol–water partition coefficient (Wildman–Crippen LogP) is 1.54. The van der Waals surface area contributed by atoms with Crippen LogP contribution >= 0.6 is 0 Å². The van der Waals surface area contributed by atoms with Gasteiger partial charge in [0.25, 0.3) is 0 Å². The molecule has 1 aliphatic heterocycles. The number of hydrogen-bond acceptors (Lipinski definition) is 0. The molecule has 0 radical (unpaired) electrons. The van der Waals surface area contributed by atoms with Crippen molar-refractivity contribution in [1.82, 2.24) is 0 Å². The van der Waals surface area contributed by atoms with Crippen LogP contribution < -0.4 is 0 Å². The van der Waals surface area contributed by atoms with Gasteiger partial charge in [0.15, 0.2) is 0 Å². The summed E-state index contributed by atoms with van der Waals surface area (Å²) in [5, 5.41) is 4.18. The fraction of sp³-hybridized carbons (Fsp3) is 1.00. The van der Waals surface area contributed by atoms with Crippen molar-refractivity contribution in [3.63, 3.8) is 0 Å². The third-order valence-electron chi connectivity index (χ3n) is 1.13. The van der Waals surface area contributed by atoms with Crippen molar-refractivity contribution in [2.75, 3.05) is 13.1 Å². The minimum atomic E-state index is 0. The molecule has 1 saturated heterocycles. The average molecular weight is 136 g/mol. The molecule has 0 aromatic heterocycles. The van der Waals surface area contributed by atoms with E-state index in [1.165, 1.54) is 19.3 Å². The summed E-state index contributed by atoms with van der Waals surface area (Å²) < 4.78 is 0. The summed E-state index contributed by atoms with van der Waals surface area (Å²) in [7, 11) is 0. The molecule has 0 aromatic carbocycles. The molecule has 1 nitrogen and oxygen atoms in total. The smallest absolute Gasteiger partial charge is 0 e. The van der Waals surface area contributed by atoms with E-state index in [1.807, 2.05) is 0 Å². The van der Waals surface area contributed by atoms with E-state index in [-0.39, 0.29) is 17.4 Å². The summed E-state index contributed by atoms with van der Waals surface area (Å²) in [6.07, 6.45) is 4.07. The standard InChI is InChI=1S/C5H10N.Cr/c1-2-4-6-5-3-1;/h1-5H2;/q-1;. The average Bonchev–Trinajstić information content (AvgIpc) is 1.72. The number of piperidine rings is 1. The minimum Gasteiger partial charge on any atom is -0.662 e. The van der Waals surface area contributed by atoms with Crippen molar-refractivity contribution in [2.24, 2.45) is 0 Å². The molecule has 2 heteroatoms. The molecule has 0 atom stereocenters. The van der Waals surface area contributed by atoms with Gasteiger partial charge in [-0.3, -0.25) is 0 Å². The van der Waals surface area contributed by atoms with Gasteiger partial charge in [-0.2, -0.15) is 0 Å². The molecule has 0 saturated carbocycles. The molecule has 0 amide bonds. The van der Waals surface area contributed by atoms with Crippen LogP contribution in [0.2, 0.25) is 0 Å². The van der Waals surface area contributed by atoms with Gasteiger partial charge in [-0.15, -0.1) is 13.1 Å². The molecule has 0 spiro atoms. The van der Waals surface area contributed by atoms with E-state index in [0.717, 1.165) is 13.1 Å². The van der Waals surface area contributed by atoms with E-state index in [4.69, 9.17) is 0 Å². The van der Waals surface area contributed by atoms with Crippen LogP contribution in [0.5, 0.6) is 0 Å². The van der Waals surface area contributed by atoms with Gasteiger partial charge in [-0.05, 0) is 0 Å². The topological polar surface area (TPSA) is 14.1 Å². The van der Waals surface area contributed by atoms with Crippen LogP contribution in [0, 0.1) is 0 Å². The number of hydrogen-bond donors (Lipinski definition) is 0. The van der Waals surface area contributed by atoms with Crippen molar-refractivity contribution in [3.8, 4) is 0 Å². The normalized spacial score (nSPS) is 20.6. The quantitative estimate of drug-likeness (QED) is 0.479. The summed E-state index contributed by atoms with van der Waals surface area (Å²) in [5.74, 6) is 0. The molecule has 0 aliphatic carbocycles. The first-order chi connectivity index (χ1) is 3.00. The maximum atomic E-state index is 4.18. The first-order valence-electron chi connectivity index (χ1n) is 2.63. The van der Waals surface area contributed by atoms with Gasteiger partial charge in [0.05, 0.1) is 0 Å². The Balaban J connectivity index is 0.000000360. The molecule has 42 valence electrons. The van der Waals surface area contributed by atoms with Gasteiger partial charge >= 0.3 is 0 Å². The van der Waals surface area contributed by atoms with Gasteiger partial charge in [0, 0.05) is 17.4 Å². The van der Waals surface area contributed by atoms with E-state index in [0.29, 0.717) is 0 Å². The summed E-state index contributed by atoms with van der Waals surface area (Å²) >= 11 is 0. The second-order valence-corrected chi connectivity index (χ2v) is 1.73. The molecular weight excluding hydrogens is 126 g/mol. The molecule has 1 rings (SSSR count). The van der Waals surface area contributed by atoms with Gasteiger partial charge in [-0.1, -0.05) is 19.3 Å². The maximum absolute atomic E-state index is 4.18. The van der Waals surface area contributed by atoms with Crippen LogP contribution in [0.1, 0.15) is 19.3 Å². The van der Waals surface area contributed by atoms with Crippen LogP contribution in [0.25, 0.3) is 5.32 Å². The first-order valence-corrected chi connectivity index (χ1v) is 2.63. The molecule has 0 N–H and O–H groups in total. The fourth-order valence-corrected chi connectivity index (χ4v) is 0.736. The Kier molecular flexibility index (Phi) is 4.97. The zero-order valence-corrected chi connectivity index (χ0v) is 5.67. The van der Waals surface area contributed by atoms with Gasteiger partial charge in [0.2, 0.25) is 0 Å². The van der Waals surface area contributed by atoms with Crippen molar-refractivity contribution >= 4 is 0 Å². The SMILES string of the molecule is C1CC[N-]CC1.[Cr]. The second-order valence-electron chi connectivity index (χ2n) is 1.73. The van der Waals surface area contributed by atoms with E-state index in [1.54, 1.807) is 0 Å². The predicted molar refractivity (Wildman–Crippen MR) is 26.9 cm³/mol. The van der Waals surface area contributed by atoms with Crippen LogP contribution in [0.3, 0.4) is 0 Å². The van der Waals surface area contributed by atoms with Crippen molar-refractivity contribution in [1.29, 1.82) is 0 Å². The second kappa shape index (κ2) is 4.65. The largest absolute Gasteiger partial charge is 0.662 e. The van der Waals surface area contributed by atoms with E-state index in [2.05, 4.69) is 5.32 Å². The first kappa shape index (κ1) is 7.49. The van der Waals surface area contributed by atoms with Crippen LogP contribution in [0.15, 0.2) is 0 Å². The monoisotopic (exact) mass is 136 g/mol. The van der Waals surface area contributed by atoms with Crippen LogP contribution in [0.4, 0.5) is 0 Å². The summed E-state index contributed by atoms with van der Waals surface area (Å²) in [4.78, 5) is 0. The van der Waals surface area contributed by atoms with Crippen LogP contribution in [-0.2, 0) is 17.4 Å². The fourth-order valence-electron chi connectivity index (χ4n) is 0.736. The summed E-state index contributed by atoms with van der Waals surface area (Å²) in [6.45, 7) is 2.25. The number of nitrogens with zero attached hydrogens (tertiary/aromatic N) is 1. The van der Waals surface area contributed by atoms with E-state index >= 15 is 0 Å². The Labute approximate surface area is 55.6 Å². The summed E-state index contributed by atoms with van der Waals surface area (Å²) in [6, 6.07) is 0. The zero-order chi connectivity index (χ0) is 4.24. The molecule has 7 heavy (non-hydrogen) atoms. The Morgan fingerprint density at radius 3 is 1.57 bits per heavy atom. The van der Waals surface area contributed by atoms with Gasteiger partial charge in [0.1, 0.15) is 0 Å². The van der Waals surface area contributed by atoms with Gasteiger partial charge < -0.3 is 5.32 Å². The molecule has 1 aliphatic rings. The molecule has 1 heterocycles. The molecule has 0 aromatic rings. The van der Waals surface area contributed by atoms with Crippen molar-refractivity contribution in [3.05, 3.63) is 5.32 Å². The van der Waals surface area contributed by atoms with Crippen LogP contribution in [-0.4, -0.2) is 13.1 Å². The van der Waals surface area contributed by atoms with Crippen molar-refractivity contribution in [2.45, 2.75) is 19.3 Å². The molecule has 0 unspecified atom stereocenters. The molecule has 1 fully saturated rings. The van der Waals surface area contributed by atoms with Gasteiger partial charge in [-0.25, -0.2) is 0 Å². The Hall–Kier alpha value is 0.492. The minimum absolute atomic E-state index is 0. The van der Waals surface area contributed by atoms with E-state index in [9.17, 15) is 0 Å². The molecule has 0 bridgehead atoms. The Morgan fingerprint density at radius 1 is 0.857 bits per heavy atom. The third kappa shape index (κ3) is 3.11. The third-order valence-corrected chi connectivity index (χ3v) is 1.13. The molecular formula is C5H10CrN-. The Morgan fingerprint density at radius 2 is 1.43 bits per heavy atom. The maximum Gasteiger partial charge on any atom is 0 e. The van der Waals surface area contributed by atoms with Crippen molar-refractivity contribution < 1.29 is 17.4 Å². The van der Waals surface area contributed by atoms with E-state index < -0.39 is 0 Å². The zero-order valence-electron chi connectivity index (χ0n) is 4.39. The summed E-state index contributed by atoms with van der Waals surface area (Å²) in [5.41, 5.74) is 0. The number of rotatable bonds is 0.